The van der Waals surface area contributed by atoms with Gasteiger partial charge in [0.15, 0.2) is 5.96 Å². The molecule has 0 saturated carbocycles. The second kappa shape index (κ2) is 9.31. The Kier molecular flexibility index (Phi) is 7.04. The average molecular weight is 396 g/mol. The topological polar surface area (TPSA) is 78.4 Å². The number of nitrogens with one attached hydrogen (secondary N) is 2. The van der Waals surface area contributed by atoms with Gasteiger partial charge in [0.05, 0.1) is 18.2 Å². The molecule has 0 aromatic carbocycles. The van der Waals surface area contributed by atoms with Gasteiger partial charge in [-0.25, -0.2) is 4.79 Å². The second-order valence-electron chi connectivity index (χ2n) is 9.02. The van der Waals surface area contributed by atoms with E-state index in [0.29, 0.717) is 18.2 Å². The van der Waals surface area contributed by atoms with Crippen LogP contribution in [0.15, 0.2) is 4.99 Å². The van der Waals surface area contributed by atoms with Crippen molar-refractivity contribution in [2.24, 2.45) is 4.99 Å². The van der Waals surface area contributed by atoms with Crippen molar-refractivity contribution in [3.63, 3.8) is 0 Å². The van der Waals surface area contributed by atoms with E-state index in [1.54, 1.807) is 0 Å². The van der Waals surface area contributed by atoms with E-state index in [-0.39, 0.29) is 6.09 Å². The third kappa shape index (κ3) is 5.98. The highest BCUT2D eigenvalue weighted by molar-refractivity contribution is 5.80. The Morgan fingerprint density at radius 3 is 2.54 bits per heavy atom. The lowest BCUT2D eigenvalue weighted by Crippen LogP contribution is -2.50. The maximum Gasteiger partial charge on any atom is 0.410 e. The number of hydrogen-bond acceptors (Lipinski definition) is 5. The molecule has 28 heavy (non-hydrogen) atoms. The highest BCUT2D eigenvalue weighted by atomic mass is 16.6. The molecule has 3 saturated heterocycles. The van der Waals surface area contributed by atoms with E-state index in [2.05, 4.69) is 20.5 Å². The summed E-state index contributed by atoms with van der Waals surface area (Å²) in [5.41, 5.74) is -0.434. The maximum atomic E-state index is 12.1. The van der Waals surface area contributed by atoms with Gasteiger partial charge in [0.1, 0.15) is 5.60 Å². The molecule has 160 valence electrons. The first kappa shape index (κ1) is 21.2. The molecule has 8 nitrogen and oxygen atoms in total. The summed E-state index contributed by atoms with van der Waals surface area (Å²) in [6.45, 7) is 10.9. The Bertz CT molecular complexity index is 555. The Hall–Kier alpha value is -1.54. The number of hydrogen-bond donors (Lipinski definition) is 2. The number of rotatable bonds is 5. The van der Waals surface area contributed by atoms with E-state index in [4.69, 9.17) is 9.47 Å². The number of piperazine rings is 1. The quantitative estimate of drug-likeness (QED) is 0.416. The summed E-state index contributed by atoms with van der Waals surface area (Å²) in [4.78, 5) is 20.7. The number of amides is 1. The molecule has 3 heterocycles. The summed E-state index contributed by atoms with van der Waals surface area (Å²) in [6.07, 6.45) is 5.09. The van der Waals surface area contributed by atoms with Gasteiger partial charge < -0.3 is 25.0 Å². The second-order valence-corrected chi connectivity index (χ2v) is 9.02. The Balaban J connectivity index is 1.28. The zero-order valence-electron chi connectivity index (χ0n) is 17.9. The van der Waals surface area contributed by atoms with Crippen LogP contribution < -0.4 is 10.6 Å². The first-order valence-corrected chi connectivity index (χ1v) is 10.7. The van der Waals surface area contributed by atoms with Crippen LogP contribution in [0.2, 0.25) is 0 Å². The Labute approximate surface area is 169 Å². The molecule has 2 bridgehead atoms. The van der Waals surface area contributed by atoms with Crippen molar-refractivity contribution in [3.8, 4) is 0 Å². The fraction of sp³-hybridized carbons (Fsp3) is 0.900. The molecule has 0 radical (unpaired) electrons. The van der Waals surface area contributed by atoms with Gasteiger partial charge in [-0.2, -0.15) is 0 Å². The molecule has 8 heteroatoms. The summed E-state index contributed by atoms with van der Waals surface area (Å²) in [7, 11) is 1.82. The molecule has 0 aromatic heterocycles. The number of guanidine groups is 1. The van der Waals surface area contributed by atoms with Crippen LogP contribution in [0.5, 0.6) is 0 Å². The van der Waals surface area contributed by atoms with Gasteiger partial charge in [0, 0.05) is 39.8 Å². The van der Waals surface area contributed by atoms with E-state index < -0.39 is 5.60 Å². The number of fused-ring (bicyclic) bond motifs is 2. The van der Waals surface area contributed by atoms with Gasteiger partial charge in [-0.3, -0.25) is 9.89 Å². The van der Waals surface area contributed by atoms with Crippen molar-refractivity contribution in [2.45, 2.75) is 70.3 Å². The highest BCUT2D eigenvalue weighted by Gasteiger charge is 2.41. The predicted molar refractivity (Wildman–Crippen MR) is 110 cm³/mol. The molecule has 3 atom stereocenters. The summed E-state index contributed by atoms with van der Waals surface area (Å²) in [6, 6.07) is 0.394. The van der Waals surface area contributed by atoms with Crippen molar-refractivity contribution >= 4 is 12.1 Å². The first-order valence-electron chi connectivity index (χ1n) is 10.7. The molecule has 1 amide bonds. The predicted octanol–water partition coefficient (Wildman–Crippen LogP) is 1.41. The minimum Gasteiger partial charge on any atom is -0.444 e. The van der Waals surface area contributed by atoms with Crippen molar-refractivity contribution in [1.82, 2.24) is 20.4 Å². The molecule has 0 spiro atoms. The minimum atomic E-state index is -0.434. The number of carbonyl (C=O) groups is 1. The van der Waals surface area contributed by atoms with Crippen LogP contribution in [0, 0.1) is 0 Å². The molecule has 2 N–H and O–H groups in total. The van der Waals surface area contributed by atoms with E-state index in [0.717, 1.165) is 64.5 Å². The van der Waals surface area contributed by atoms with Crippen LogP contribution >= 0.6 is 0 Å². The molecule has 0 aromatic rings. The van der Waals surface area contributed by atoms with Crippen molar-refractivity contribution in [1.29, 1.82) is 0 Å². The van der Waals surface area contributed by atoms with Crippen LogP contribution in [0.3, 0.4) is 0 Å². The summed E-state index contributed by atoms with van der Waals surface area (Å²) in [5, 5.41) is 6.93. The summed E-state index contributed by atoms with van der Waals surface area (Å²) in [5.74, 6) is 0.871. The van der Waals surface area contributed by atoms with Gasteiger partial charge >= 0.3 is 6.09 Å². The molecule has 3 unspecified atom stereocenters. The lowest BCUT2D eigenvalue weighted by atomic mass is 9.96. The third-order valence-electron chi connectivity index (χ3n) is 5.62. The normalized spacial score (nSPS) is 28.5. The van der Waals surface area contributed by atoms with Gasteiger partial charge in [-0.1, -0.05) is 0 Å². The van der Waals surface area contributed by atoms with E-state index in [1.807, 2.05) is 32.7 Å². The molecule has 3 fully saturated rings. The fourth-order valence-electron chi connectivity index (χ4n) is 4.15. The summed E-state index contributed by atoms with van der Waals surface area (Å²) < 4.78 is 11.4. The minimum absolute atomic E-state index is 0.201. The van der Waals surface area contributed by atoms with E-state index >= 15 is 0 Å². The van der Waals surface area contributed by atoms with Crippen LogP contribution in [0.4, 0.5) is 4.79 Å². The fourth-order valence-corrected chi connectivity index (χ4v) is 4.15. The molecule has 3 aliphatic rings. The highest BCUT2D eigenvalue weighted by Crippen LogP contribution is 2.34. The van der Waals surface area contributed by atoms with Gasteiger partial charge in [-0.15, -0.1) is 0 Å². The van der Waals surface area contributed by atoms with Crippen molar-refractivity contribution < 1.29 is 14.3 Å². The first-order chi connectivity index (χ1) is 13.3. The van der Waals surface area contributed by atoms with Crippen LogP contribution in [0.25, 0.3) is 0 Å². The molecule has 0 aliphatic carbocycles. The lowest BCUT2D eigenvalue weighted by Gasteiger charge is -2.35. The smallest absolute Gasteiger partial charge is 0.410 e. The van der Waals surface area contributed by atoms with Gasteiger partial charge in [0.2, 0.25) is 0 Å². The number of ether oxygens (including phenoxy) is 2. The Morgan fingerprint density at radius 2 is 1.96 bits per heavy atom. The average Bonchev–Trinajstić information content (AvgIpc) is 3.26. The van der Waals surface area contributed by atoms with Crippen LogP contribution in [0.1, 0.15) is 46.5 Å². The van der Waals surface area contributed by atoms with Crippen molar-refractivity contribution in [3.05, 3.63) is 0 Å². The molecule has 3 aliphatic heterocycles. The zero-order valence-corrected chi connectivity index (χ0v) is 17.9. The van der Waals surface area contributed by atoms with Gasteiger partial charge in [0.25, 0.3) is 0 Å². The zero-order chi connectivity index (χ0) is 20.1. The van der Waals surface area contributed by atoms with Crippen molar-refractivity contribution in [2.75, 3.05) is 46.3 Å². The summed E-state index contributed by atoms with van der Waals surface area (Å²) >= 11 is 0. The van der Waals surface area contributed by atoms with Crippen LogP contribution in [-0.2, 0) is 9.47 Å². The molecular weight excluding hydrogens is 358 g/mol. The van der Waals surface area contributed by atoms with E-state index in [1.165, 1.54) is 6.42 Å². The largest absolute Gasteiger partial charge is 0.444 e. The van der Waals surface area contributed by atoms with E-state index in [9.17, 15) is 4.79 Å². The standard InChI is InChI=1S/C20H37N5O3/c1-20(2,3)28-19(26)25-12-10-24(11-13-25)9-5-8-22-18(21-4)23-16-14-15-6-7-17(16)27-15/h15-17H,5-14H2,1-4H3,(H2,21,22,23). The SMILES string of the molecule is CN=C(NCCCN1CCN(C(=O)OC(C)(C)C)CC1)NC1CC2CCC1O2. The third-order valence-corrected chi connectivity index (χ3v) is 5.62. The monoisotopic (exact) mass is 395 g/mol. The molecular formula is C20H37N5O3. The maximum absolute atomic E-state index is 12.1. The number of carbonyl (C=O) groups excluding carboxylic acids is 1. The Morgan fingerprint density at radius 1 is 1.21 bits per heavy atom. The van der Waals surface area contributed by atoms with Crippen LogP contribution in [-0.4, -0.2) is 92.0 Å². The number of nitrogens with zero attached hydrogens (tertiary/aromatic N) is 3. The lowest BCUT2D eigenvalue weighted by molar-refractivity contribution is 0.0145. The number of aliphatic imine (C=N–C) groups is 1. The molecule has 3 rings (SSSR count). The van der Waals surface area contributed by atoms with Gasteiger partial charge in [-0.05, 0) is 53.0 Å².